The molecule has 2 heterocycles. The molecule has 2 N–H and O–H groups in total. The van der Waals surface area contributed by atoms with Gasteiger partial charge in [0.25, 0.3) is 0 Å². The number of aromatic nitrogens is 3. The molecule has 0 unspecified atom stereocenters. The lowest BCUT2D eigenvalue weighted by Gasteiger charge is -2.06. The Morgan fingerprint density at radius 2 is 2.13 bits per heavy atom. The molecule has 2 aromatic heterocycles. The molecule has 0 saturated heterocycles. The van der Waals surface area contributed by atoms with Gasteiger partial charge in [-0.1, -0.05) is 35.9 Å². The molecule has 120 valence electrons. The molecule has 1 aromatic carbocycles. The smallest absolute Gasteiger partial charge is 0.216 e. The van der Waals surface area contributed by atoms with Gasteiger partial charge in [0.1, 0.15) is 5.82 Å². The summed E-state index contributed by atoms with van der Waals surface area (Å²) in [5, 5.41) is 8.79. The highest BCUT2D eigenvalue weighted by atomic mass is 32.2. The van der Waals surface area contributed by atoms with Crippen LogP contribution in [0.2, 0.25) is 0 Å². The summed E-state index contributed by atoms with van der Waals surface area (Å²) in [7, 11) is -3.43. The van der Waals surface area contributed by atoms with Crippen LogP contribution >= 0.6 is 11.3 Å². The van der Waals surface area contributed by atoms with Crippen LogP contribution in [0.3, 0.4) is 0 Å². The summed E-state index contributed by atoms with van der Waals surface area (Å²) in [6.07, 6.45) is 0. The first-order valence-electron chi connectivity index (χ1n) is 7.00. The second-order valence-corrected chi connectivity index (χ2v) is 7.91. The van der Waals surface area contributed by atoms with Crippen molar-refractivity contribution in [3.8, 4) is 10.7 Å². The first-order chi connectivity index (χ1) is 11.0. The van der Waals surface area contributed by atoms with Gasteiger partial charge in [0.05, 0.1) is 17.2 Å². The Hall–Kier alpha value is -2.03. The number of nitrogens with one attached hydrogen (secondary N) is 2. The number of thiophene rings is 1. The molecule has 0 aliphatic rings. The van der Waals surface area contributed by atoms with Crippen LogP contribution in [-0.2, 0) is 22.3 Å². The number of nitrogens with zero attached hydrogens (tertiary/aromatic N) is 2. The molecular weight excluding hydrogens is 332 g/mol. The van der Waals surface area contributed by atoms with Gasteiger partial charge in [-0.2, -0.15) is 5.10 Å². The summed E-state index contributed by atoms with van der Waals surface area (Å²) in [4.78, 5) is 5.23. The maximum absolute atomic E-state index is 12.1. The number of hydrogen-bond donors (Lipinski definition) is 2. The highest BCUT2D eigenvalue weighted by Gasteiger charge is 2.13. The van der Waals surface area contributed by atoms with Crippen LogP contribution in [0, 0.1) is 6.92 Å². The standard InChI is InChI=1S/C15H16N4O2S2/c1-11-4-2-5-12(8-11)10-23(20,21)16-9-14-17-15(19-18-14)13-6-3-7-22-13/h2-8,16H,9-10H2,1H3,(H,17,18,19). The topological polar surface area (TPSA) is 87.7 Å². The van der Waals surface area contributed by atoms with E-state index in [1.165, 1.54) is 11.3 Å². The quantitative estimate of drug-likeness (QED) is 0.716. The minimum atomic E-state index is -3.43. The van der Waals surface area contributed by atoms with E-state index in [1.54, 1.807) is 6.07 Å². The normalized spacial score (nSPS) is 11.7. The van der Waals surface area contributed by atoms with Crippen LogP contribution in [0.1, 0.15) is 17.0 Å². The second-order valence-electron chi connectivity index (χ2n) is 5.15. The van der Waals surface area contributed by atoms with E-state index in [0.29, 0.717) is 11.6 Å². The van der Waals surface area contributed by atoms with Crippen molar-refractivity contribution >= 4 is 21.4 Å². The number of aromatic amines is 1. The van der Waals surface area contributed by atoms with Gasteiger partial charge in [0.2, 0.25) is 10.0 Å². The molecular formula is C15H16N4O2S2. The fourth-order valence-corrected chi connectivity index (χ4v) is 3.88. The minimum Gasteiger partial charge on any atom is -0.262 e. The number of sulfonamides is 1. The summed E-state index contributed by atoms with van der Waals surface area (Å²) in [6, 6.07) is 11.3. The lowest BCUT2D eigenvalue weighted by molar-refractivity contribution is 0.578. The van der Waals surface area contributed by atoms with Gasteiger partial charge in [0, 0.05) is 0 Å². The van der Waals surface area contributed by atoms with Gasteiger partial charge in [-0.05, 0) is 23.9 Å². The molecule has 3 rings (SSSR count). The second kappa shape index (κ2) is 6.61. The third-order valence-corrected chi connectivity index (χ3v) is 5.34. The zero-order valence-corrected chi connectivity index (χ0v) is 14.1. The summed E-state index contributed by atoms with van der Waals surface area (Å²) in [5.74, 6) is 1.01. The predicted octanol–water partition coefficient (Wildman–Crippen LogP) is 2.46. The van der Waals surface area contributed by atoms with Crippen molar-refractivity contribution in [3.63, 3.8) is 0 Å². The van der Waals surface area contributed by atoms with Crippen LogP contribution in [0.25, 0.3) is 10.7 Å². The minimum absolute atomic E-state index is 0.0550. The van der Waals surface area contributed by atoms with Gasteiger partial charge in [-0.3, -0.25) is 5.10 Å². The van der Waals surface area contributed by atoms with Gasteiger partial charge in [-0.25, -0.2) is 18.1 Å². The molecule has 0 saturated carbocycles. The Kier molecular flexibility index (Phi) is 4.56. The molecule has 0 bridgehead atoms. The molecule has 0 radical (unpaired) electrons. The molecule has 23 heavy (non-hydrogen) atoms. The molecule has 8 heteroatoms. The van der Waals surface area contributed by atoms with E-state index >= 15 is 0 Å². The van der Waals surface area contributed by atoms with Crippen molar-refractivity contribution in [3.05, 3.63) is 58.7 Å². The average molecular weight is 348 g/mol. The van der Waals surface area contributed by atoms with Crippen LogP contribution in [0.15, 0.2) is 41.8 Å². The van der Waals surface area contributed by atoms with E-state index in [9.17, 15) is 8.42 Å². The largest absolute Gasteiger partial charge is 0.262 e. The van der Waals surface area contributed by atoms with E-state index in [-0.39, 0.29) is 12.3 Å². The first kappa shape index (κ1) is 15.9. The predicted molar refractivity (Wildman–Crippen MR) is 90.3 cm³/mol. The number of rotatable bonds is 6. The monoisotopic (exact) mass is 348 g/mol. The maximum atomic E-state index is 12.1. The number of benzene rings is 1. The van der Waals surface area contributed by atoms with Gasteiger partial charge >= 0.3 is 0 Å². The molecule has 3 aromatic rings. The summed E-state index contributed by atoms with van der Waals surface area (Å²) in [6.45, 7) is 2.02. The molecule has 0 aliphatic carbocycles. The van der Waals surface area contributed by atoms with E-state index in [1.807, 2.05) is 42.6 Å². The van der Waals surface area contributed by atoms with Crippen molar-refractivity contribution in [1.82, 2.24) is 19.9 Å². The first-order valence-corrected chi connectivity index (χ1v) is 9.53. The SMILES string of the molecule is Cc1cccc(CS(=O)(=O)NCc2nc(-c3cccs3)n[nH]2)c1. The van der Waals surface area contributed by atoms with Crippen LogP contribution in [-0.4, -0.2) is 23.6 Å². The van der Waals surface area contributed by atoms with Gasteiger partial charge in [0.15, 0.2) is 5.82 Å². The van der Waals surface area contributed by atoms with E-state index < -0.39 is 10.0 Å². The number of aryl methyl sites for hydroxylation is 1. The van der Waals surface area contributed by atoms with Crippen molar-refractivity contribution in [2.45, 2.75) is 19.2 Å². The lowest BCUT2D eigenvalue weighted by atomic mass is 10.2. The number of hydrogen-bond acceptors (Lipinski definition) is 5. The van der Waals surface area contributed by atoms with Gasteiger partial charge < -0.3 is 0 Å². The molecule has 0 spiro atoms. The van der Waals surface area contributed by atoms with Crippen LogP contribution in [0.5, 0.6) is 0 Å². The van der Waals surface area contributed by atoms with E-state index in [0.717, 1.165) is 16.0 Å². The maximum Gasteiger partial charge on any atom is 0.216 e. The van der Waals surface area contributed by atoms with Crippen molar-refractivity contribution < 1.29 is 8.42 Å². The Balaban J connectivity index is 1.63. The lowest BCUT2D eigenvalue weighted by Crippen LogP contribution is -2.25. The van der Waals surface area contributed by atoms with Crippen molar-refractivity contribution in [2.75, 3.05) is 0 Å². The Morgan fingerprint density at radius 3 is 2.87 bits per heavy atom. The highest BCUT2D eigenvalue weighted by Crippen LogP contribution is 2.20. The Morgan fingerprint density at radius 1 is 1.26 bits per heavy atom. The average Bonchev–Trinajstić information content (AvgIpc) is 3.16. The molecule has 0 atom stereocenters. The molecule has 0 fully saturated rings. The van der Waals surface area contributed by atoms with Crippen LogP contribution < -0.4 is 4.72 Å². The summed E-state index contributed by atoms with van der Waals surface area (Å²) in [5.41, 5.74) is 1.79. The summed E-state index contributed by atoms with van der Waals surface area (Å²) >= 11 is 1.53. The van der Waals surface area contributed by atoms with Crippen molar-refractivity contribution in [2.24, 2.45) is 0 Å². The number of H-pyrrole nitrogens is 1. The fraction of sp³-hybridized carbons (Fsp3) is 0.200. The van der Waals surface area contributed by atoms with Gasteiger partial charge in [-0.15, -0.1) is 11.3 Å². The highest BCUT2D eigenvalue weighted by molar-refractivity contribution is 7.88. The molecule has 0 aliphatic heterocycles. The zero-order chi connectivity index (χ0) is 16.3. The summed E-state index contributed by atoms with van der Waals surface area (Å²) < 4.78 is 26.8. The van der Waals surface area contributed by atoms with Crippen LogP contribution in [0.4, 0.5) is 0 Å². The van der Waals surface area contributed by atoms with E-state index in [2.05, 4.69) is 19.9 Å². The molecule has 6 nitrogen and oxygen atoms in total. The third kappa shape index (κ3) is 4.25. The van der Waals surface area contributed by atoms with Crippen molar-refractivity contribution in [1.29, 1.82) is 0 Å². The Labute approximate surface area is 138 Å². The third-order valence-electron chi connectivity index (χ3n) is 3.17. The fourth-order valence-electron chi connectivity index (χ4n) is 2.14. The molecule has 0 amide bonds. The Bertz CT molecular complexity index is 886. The zero-order valence-electron chi connectivity index (χ0n) is 12.5. The van der Waals surface area contributed by atoms with E-state index in [4.69, 9.17) is 0 Å².